The lowest BCUT2D eigenvalue weighted by Gasteiger charge is -2.33. The minimum Gasteiger partial charge on any atom is -0.378 e. The van der Waals surface area contributed by atoms with Crippen molar-refractivity contribution in [3.8, 4) is 0 Å². The maximum atomic E-state index is 14.2. The van der Waals surface area contributed by atoms with Gasteiger partial charge >= 0.3 is 0 Å². The third-order valence-corrected chi connectivity index (χ3v) is 7.70. The second kappa shape index (κ2) is 12.7. The molecule has 0 saturated carbocycles. The van der Waals surface area contributed by atoms with Crippen LogP contribution in [-0.4, -0.2) is 72.4 Å². The average Bonchev–Trinajstić information content (AvgIpc) is 3.70. The molecule has 2 atom stereocenters. The van der Waals surface area contributed by atoms with E-state index in [9.17, 15) is 14.0 Å². The van der Waals surface area contributed by atoms with Crippen molar-refractivity contribution in [2.24, 2.45) is 0 Å². The van der Waals surface area contributed by atoms with Gasteiger partial charge in [0.1, 0.15) is 23.9 Å². The van der Waals surface area contributed by atoms with Gasteiger partial charge in [-0.1, -0.05) is 29.5 Å². The fourth-order valence-electron chi connectivity index (χ4n) is 5.50. The molecule has 0 radical (unpaired) electrons. The van der Waals surface area contributed by atoms with E-state index in [0.29, 0.717) is 48.6 Å². The first-order chi connectivity index (χ1) is 20.6. The Bertz CT molecular complexity index is 1510. The number of anilines is 2. The first-order valence-electron chi connectivity index (χ1n) is 14.2. The van der Waals surface area contributed by atoms with Gasteiger partial charge in [0.25, 0.3) is 0 Å². The molecule has 0 bridgehead atoms. The van der Waals surface area contributed by atoms with Gasteiger partial charge in [0.15, 0.2) is 0 Å². The number of benzene rings is 3. The number of nitrogens with one attached hydrogen (secondary N) is 1. The summed E-state index contributed by atoms with van der Waals surface area (Å²) in [6, 6.07) is 19.6. The van der Waals surface area contributed by atoms with Crippen LogP contribution in [0, 0.1) is 5.82 Å². The number of morpholine rings is 1. The molecule has 2 aliphatic rings. The summed E-state index contributed by atoms with van der Waals surface area (Å²) >= 11 is 0. The molecule has 2 saturated heterocycles. The van der Waals surface area contributed by atoms with Crippen LogP contribution in [0.3, 0.4) is 0 Å². The minimum atomic E-state index is -1.03. The Morgan fingerprint density at radius 3 is 2.50 bits per heavy atom. The number of halogens is 1. The molecule has 11 heteroatoms. The van der Waals surface area contributed by atoms with Gasteiger partial charge in [0, 0.05) is 37.6 Å². The van der Waals surface area contributed by atoms with Crippen LogP contribution in [0.4, 0.5) is 15.8 Å². The smallest absolute Gasteiger partial charge is 0.249 e. The zero-order valence-electron chi connectivity index (χ0n) is 23.2. The van der Waals surface area contributed by atoms with Gasteiger partial charge in [-0.3, -0.25) is 14.5 Å². The van der Waals surface area contributed by atoms with Crippen LogP contribution in [-0.2, 0) is 25.6 Å². The fourth-order valence-corrected chi connectivity index (χ4v) is 5.50. The molecule has 10 nitrogen and oxygen atoms in total. The normalized spacial score (nSPS) is 17.7. The van der Waals surface area contributed by atoms with Crippen molar-refractivity contribution in [3.63, 3.8) is 0 Å². The van der Waals surface area contributed by atoms with Gasteiger partial charge in [0.2, 0.25) is 11.8 Å². The number of amides is 2. The number of nitrogens with zero attached hydrogens (tertiary/aromatic N) is 5. The van der Waals surface area contributed by atoms with Crippen LogP contribution < -0.4 is 15.1 Å². The molecule has 2 amide bonds. The Morgan fingerprint density at radius 2 is 1.76 bits per heavy atom. The Kier molecular flexibility index (Phi) is 8.38. The van der Waals surface area contributed by atoms with E-state index in [2.05, 4.69) is 20.5 Å². The molecule has 6 rings (SSSR count). The largest absolute Gasteiger partial charge is 0.378 e. The van der Waals surface area contributed by atoms with Gasteiger partial charge in [-0.2, -0.15) is 0 Å². The lowest BCUT2D eigenvalue weighted by molar-refractivity contribution is -0.127. The summed E-state index contributed by atoms with van der Waals surface area (Å²) < 4.78 is 26.7. The third-order valence-electron chi connectivity index (χ3n) is 7.70. The lowest BCUT2D eigenvalue weighted by Crippen LogP contribution is -2.46. The molecule has 3 heterocycles. The van der Waals surface area contributed by atoms with Crippen molar-refractivity contribution in [1.82, 2.24) is 20.3 Å². The molecule has 218 valence electrons. The number of rotatable bonds is 9. The van der Waals surface area contributed by atoms with Crippen molar-refractivity contribution >= 4 is 34.2 Å². The number of para-hydroxylation sites is 1. The molecule has 4 aromatic rings. The number of fused-ring (bicyclic) bond motifs is 1. The summed E-state index contributed by atoms with van der Waals surface area (Å²) in [6.45, 7) is 3.69. The predicted octanol–water partition coefficient (Wildman–Crippen LogP) is 3.48. The highest BCUT2D eigenvalue weighted by Crippen LogP contribution is 2.31. The summed E-state index contributed by atoms with van der Waals surface area (Å²) in [5.74, 6) is -1.19. The van der Waals surface area contributed by atoms with E-state index in [1.807, 2.05) is 48.5 Å². The zero-order valence-corrected chi connectivity index (χ0v) is 23.2. The monoisotopic (exact) mass is 572 g/mol. The molecule has 0 unspecified atom stereocenters. The maximum absolute atomic E-state index is 14.2. The molecule has 0 spiro atoms. The van der Waals surface area contributed by atoms with Crippen LogP contribution in [0.2, 0.25) is 0 Å². The number of aromatic nitrogens is 3. The summed E-state index contributed by atoms with van der Waals surface area (Å²) in [7, 11) is 0. The van der Waals surface area contributed by atoms with E-state index in [-0.39, 0.29) is 18.6 Å². The molecule has 1 N–H and O–H groups in total. The number of carbonyl (C=O) groups excluding carboxylic acids is 2. The number of hydrogen-bond donors (Lipinski definition) is 1. The van der Waals surface area contributed by atoms with Crippen molar-refractivity contribution in [2.45, 2.75) is 31.5 Å². The molecular formula is C31H33FN6O4. The number of hydrogen-bond acceptors (Lipinski definition) is 7. The summed E-state index contributed by atoms with van der Waals surface area (Å²) in [4.78, 5) is 31.8. The van der Waals surface area contributed by atoms with Crippen molar-refractivity contribution in [3.05, 3.63) is 84.2 Å². The second-order valence-corrected chi connectivity index (χ2v) is 10.4. The summed E-state index contributed by atoms with van der Waals surface area (Å²) in [5, 5.41) is 11.4. The molecule has 0 aliphatic carbocycles. The Balaban J connectivity index is 1.36. The molecule has 2 aliphatic heterocycles. The van der Waals surface area contributed by atoms with E-state index in [4.69, 9.17) is 9.47 Å². The maximum Gasteiger partial charge on any atom is 0.249 e. The standard InChI is InChI=1S/C31H33FN6O4/c32-23-9-13-25(14-10-23)38(29(39)21-37-28-6-2-1-5-27(28)34-35-37)30(31(40)33-20-26-4-3-17-42-26)22-7-11-24(12-8-22)36-15-18-41-19-16-36/h1-2,5-14,26,30H,3-4,15-21H2,(H,33,40)/t26-,30-/m0/s1. The topological polar surface area (TPSA) is 102 Å². The van der Waals surface area contributed by atoms with Crippen molar-refractivity contribution < 1.29 is 23.5 Å². The van der Waals surface area contributed by atoms with Gasteiger partial charge in [-0.15, -0.1) is 5.10 Å². The molecule has 3 aromatic carbocycles. The first-order valence-corrected chi connectivity index (χ1v) is 14.2. The zero-order chi connectivity index (χ0) is 28.9. The van der Waals surface area contributed by atoms with Crippen LogP contribution >= 0.6 is 0 Å². The van der Waals surface area contributed by atoms with Crippen LogP contribution in [0.25, 0.3) is 11.0 Å². The molecule has 1 aromatic heterocycles. The Morgan fingerprint density at radius 1 is 1.00 bits per heavy atom. The highest BCUT2D eigenvalue weighted by Gasteiger charge is 2.34. The molecule has 2 fully saturated rings. The average molecular weight is 573 g/mol. The number of carbonyl (C=O) groups is 2. The Labute approximate surface area is 243 Å². The van der Waals surface area contributed by atoms with Crippen LogP contribution in [0.15, 0.2) is 72.8 Å². The van der Waals surface area contributed by atoms with Crippen molar-refractivity contribution in [2.75, 3.05) is 49.3 Å². The van der Waals surface area contributed by atoms with Crippen molar-refractivity contribution in [1.29, 1.82) is 0 Å². The predicted molar refractivity (Wildman–Crippen MR) is 156 cm³/mol. The summed E-state index contributed by atoms with van der Waals surface area (Å²) in [6.07, 6.45) is 1.73. The van der Waals surface area contributed by atoms with E-state index < -0.39 is 17.8 Å². The highest BCUT2D eigenvalue weighted by molar-refractivity contribution is 6.01. The highest BCUT2D eigenvalue weighted by atomic mass is 19.1. The van der Waals surface area contributed by atoms with Gasteiger partial charge < -0.3 is 19.7 Å². The summed E-state index contributed by atoms with van der Waals surface area (Å²) in [5.41, 5.74) is 3.37. The second-order valence-electron chi connectivity index (χ2n) is 10.4. The third kappa shape index (κ3) is 6.12. The van der Waals surface area contributed by atoms with E-state index >= 15 is 0 Å². The lowest BCUT2D eigenvalue weighted by atomic mass is 10.0. The Hall–Kier alpha value is -4.35. The molecule has 42 heavy (non-hydrogen) atoms. The van der Waals surface area contributed by atoms with Gasteiger partial charge in [0.05, 0.1) is 24.8 Å². The van der Waals surface area contributed by atoms with E-state index in [0.717, 1.165) is 31.6 Å². The van der Waals surface area contributed by atoms with Crippen LogP contribution in [0.1, 0.15) is 24.4 Å². The SMILES string of the molecule is O=C(NC[C@@H]1CCCO1)[C@H](c1ccc(N2CCOCC2)cc1)N(C(=O)Cn1nnc2ccccc21)c1ccc(F)cc1. The van der Waals surface area contributed by atoms with Gasteiger partial charge in [-0.25, -0.2) is 9.07 Å². The van der Waals surface area contributed by atoms with E-state index in [1.54, 1.807) is 0 Å². The minimum absolute atomic E-state index is 0.0743. The quantitative estimate of drug-likeness (QED) is 0.328. The fraction of sp³-hybridized carbons (Fsp3) is 0.355. The molecular weight excluding hydrogens is 539 g/mol. The van der Waals surface area contributed by atoms with E-state index in [1.165, 1.54) is 33.8 Å². The first kappa shape index (κ1) is 27.8. The van der Waals surface area contributed by atoms with Crippen LogP contribution in [0.5, 0.6) is 0 Å². The number of ether oxygens (including phenoxy) is 2. The van der Waals surface area contributed by atoms with Gasteiger partial charge in [-0.05, 0) is 66.9 Å².